The van der Waals surface area contributed by atoms with Crippen LogP contribution in [0.5, 0.6) is 5.75 Å². The van der Waals surface area contributed by atoms with Crippen LogP contribution in [0.15, 0.2) is 24.3 Å². The van der Waals surface area contributed by atoms with Crippen LogP contribution in [0.25, 0.3) is 0 Å². The number of ether oxygens (including phenoxy) is 1. The highest BCUT2D eigenvalue weighted by Gasteiger charge is 2.13. The first-order chi connectivity index (χ1) is 8.90. The summed E-state index contributed by atoms with van der Waals surface area (Å²) in [6, 6.07) is 8.22. The Bertz CT molecular complexity index is 348. The SMILES string of the molecule is CCCOc1ccccc1NCC1CCCNC1. The van der Waals surface area contributed by atoms with Gasteiger partial charge in [-0.15, -0.1) is 0 Å². The number of benzene rings is 1. The highest BCUT2D eigenvalue weighted by Crippen LogP contribution is 2.24. The van der Waals surface area contributed by atoms with Crippen molar-refractivity contribution < 1.29 is 4.74 Å². The Labute approximate surface area is 110 Å². The van der Waals surface area contributed by atoms with Gasteiger partial charge < -0.3 is 15.4 Å². The summed E-state index contributed by atoms with van der Waals surface area (Å²) in [4.78, 5) is 0. The van der Waals surface area contributed by atoms with Gasteiger partial charge in [0.1, 0.15) is 5.75 Å². The standard InChI is InChI=1S/C15H24N2O/c1-2-10-18-15-8-4-3-7-14(15)17-12-13-6-5-9-16-11-13/h3-4,7-8,13,16-17H,2,5-6,9-12H2,1H3. The number of para-hydroxylation sites is 2. The van der Waals surface area contributed by atoms with Crippen molar-refractivity contribution in [2.75, 3.05) is 31.6 Å². The summed E-state index contributed by atoms with van der Waals surface area (Å²) in [5.41, 5.74) is 1.12. The molecule has 0 aromatic heterocycles. The number of rotatable bonds is 6. The summed E-state index contributed by atoms with van der Waals surface area (Å²) in [6.07, 6.45) is 3.65. The summed E-state index contributed by atoms with van der Waals surface area (Å²) < 4.78 is 5.75. The largest absolute Gasteiger partial charge is 0.491 e. The van der Waals surface area contributed by atoms with Gasteiger partial charge in [0.05, 0.1) is 12.3 Å². The van der Waals surface area contributed by atoms with E-state index in [0.717, 1.165) is 43.5 Å². The first-order valence-corrected chi connectivity index (χ1v) is 7.06. The summed E-state index contributed by atoms with van der Waals surface area (Å²) >= 11 is 0. The smallest absolute Gasteiger partial charge is 0.142 e. The van der Waals surface area contributed by atoms with Crippen LogP contribution in [0.4, 0.5) is 5.69 Å². The molecule has 3 heteroatoms. The topological polar surface area (TPSA) is 33.3 Å². The summed E-state index contributed by atoms with van der Waals surface area (Å²) in [7, 11) is 0. The lowest BCUT2D eigenvalue weighted by atomic mass is 10.00. The van der Waals surface area contributed by atoms with Crippen molar-refractivity contribution in [3.05, 3.63) is 24.3 Å². The molecule has 18 heavy (non-hydrogen) atoms. The van der Waals surface area contributed by atoms with Crippen LogP contribution in [-0.4, -0.2) is 26.2 Å². The van der Waals surface area contributed by atoms with Gasteiger partial charge >= 0.3 is 0 Å². The third-order valence-corrected chi connectivity index (χ3v) is 3.33. The van der Waals surface area contributed by atoms with Crippen LogP contribution in [0, 0.1) is 5.92 Å². The predicted molar refractivity (Wildman–Crippen MR) is 76.3 cm³/mol. The molecule has 2 rings (SSSR count). The van der Waals surface area contributed by atoms with Crippen LogP contribution in [-0.2, 0) is 0 Å². The molecule has 0 spiro atoms. The van der Waals surface area contributed by atoms with E-state index in [1.807, 2.05) is 12.1 Å². The Morgan fingerprint density at radius 2 is 2.28 bits per heavy atom. The summed E-state index contributed by atoms with van der Waals surface area (Å²) in [5, 5.41) is 6.98. The Morgan fingerprint density at radius 1 is 1.39 bits per heavy atom. The van der Waals surface area contributed by atoms with Crippen LogP contribution < -0.4 is 15.4 Å². The third-order valence-electron chi connectivity index (χ3n) is 3.33. The van der Waals surface area contributed by atoms with Crippen molar-refractivity contribution in [1.29, 1.82) is 0 Å². The molecule has 1 aromatic carbocycles. The molecule has 2 N–H and O–H groups in total. The molecule has 1 heterocycles. The van der Waals surface area contributed by atoms with E-state index in [-0.39, 0.29) is 0 Å². The van der Waals surface area contributed by atoms with E-state index in [2.05, 4.69) is 29.7 Å². The van der Waals surface area contributed by atoms with Crippen molar-refractivity contribution >= 4 is 5.69 Å². The minimum Gasteiger partial charge on any atom is -0.491 e. The van der Waals surface area contributed by atoms with E-state index in [4.69, 9.17) is 4.74 Å². The maximum Gasteiger partial charge on any atom is 0.142 e. The van der Waals surface area contributed by atoms with Crippen molar-refractivity contribution in [3.63, 3.8) is 0 Å². The molecule has 1 atom stereocenters. The van der Waals surface area contributed by atoms with E-state index in [1.165, 1.54) is 19.4 Å². The Balaban J connectivity index is 1.87. The van der Waals surface area contributed by atoms with Crippen LogP contribution in [0.1, 0.15) is 26.2 Å². The molecule has 0 saturated carbocycles. The molecule has 1 aliphatic heterocycles. The number of nitrogens with one attached hydrogen (secondary N) is 2. The zero-order valence-corrected chi connectivity index (χ0v) is 11.2. The van der Waals surface area contributed by atoms with Gasteiger partial charge in [0.15, 0.2) is 0 Å². The maximum atomic E-state index is 5.75. The van der Waals surface area contributed by atoms with Crippen LogP contribution in [0.2, 0.25) is 0 Å². The molecule has 1 aromatic rings. The molecule has 3 nitrogen and oxygen atoms in total. The maximum absolute atomic E-state index is 5.75. The van der Waals surface area contributed by atoms with E-state index in [0.29, 0.717) is 0 Å². The van der Waals surface area contributed by atoms with Crippen molar-refractivity contribution in [2.24, 2.45) is 5.92 Å². The van der Waals surface area contributed by atoms with Gasteiger partial charge in [-0.2, -0.15) is 0 Å². The summed E-state index contributed by atoms with van der Waals surface area (Å²) in [5.74, 6) is 1.71. The Morgan fingerprint density at radius 3 is 3.06 bits per heavy atom. The average molecular weight is 248 g/mol. The molecule has 0 amide bonds. The van der Waals surface area contributed by atoms with Gasteiger partial charge in [-0.3, -0.25) is 0 Å². The molecular formula is C15H24N2O. The molecule has 100 valence electrons. The molecular weight excluding hydrogens is 224 g/mol. The number of hydrogen-bond donors (Lipinski definition) is 2. The van der Waals surface area contributed by atoms with Crippen molar-refractivity contribution in [3.8, 4) is 5.75 Å². The number of piperidine rings is 1. The van der Waals surface area contributed by atoms with Crippen LogP contribution >= 0.6 is 0 Å². The van der Waals surface area contributed by atoms with Gasteiger partial charge in [-0.1, -0.05) is 19.1 Å². The fraction of sp³-hybridized carbons (Fsp3) is 0.600. The highest BCUT2D eigenvalue weighted by atomic mass is 16.5. The molecule has 0 radical (unpaired) electrons. The van der Waals surface area contributed by atoms with Crippen LogP contribution in [0.3, 0.4) is 0 Å². The zero-order valence-electron chi connectivity index (χ0n) is 11.2. The van der Waals surface area contributed by atoms with E-state index < -0.39 is 0 Å². The predicted octanol–water partition coefficient (Wildman–Crippen LogP) is 2.89. The van der Waals surface area contributed by atoms with Gasteiger partial charge in [0.2, 0.25) is 0 Å². The molecule has 1 fully saturated rings. The molecule has 0 aliphatic carbocycles. The number of anilines is 1. The molecule has 0 bridgehead atoms. The second kappa shape index (κ2) is 7.27. The van der Waals surface area contributed by atoms with Crippen molar-refractivity contribution in [2.45, 2.75) is 26.2 Å². The molecule has 1 unspecified atom stereocenters. The minimum atomic E-state index is 0.734. The fourth-order valence-corrected chi connectivity index (χ4v) is 2.30. The fourth-order valence-electron chi connectivity index (χ4n) is 2.30. The van der Waals surface area contributed by atoms with Gasteiger partial charge in [-0.25, -0.2) is 0 Å². The van der Waals surface area contributed by atoms with Gasteiger partial charge in [0, 0.05) is 6.54 Å². The van der Waals surface area contributed by atoms with E-state index in [1.54, 1.807) is 0 Å². The lowest BCUT2D eigenvalue weighted by Crippen LogP contribution is -2.33. The van der Waals surface area contributed by atoms with Crippen molar-refractivity contribution in [1.82, 2.24) is 5.32 Å². The minimum absolute atomic E-state index is 0.734. The quantitative estimate of drug-likeness (QED) is 0.812. The Kier molecular flexibility index (Phi) is 5.34. The highest BCUT2D eigenvalue weighted by molar-refractivity contribution is 5.56. The molecule has 1 aliphatic rings. The molecule has 1 saturated heterocycles. The van der Waals surface area contributed by atoms with E-state index >= 15 is 0 Å². The Hall–Kier alpha value is -1.22. The normalized spacial score (nSPS) is 19.5. The lowest BCUT2D eigenvalue weighted by molar-refractivity contribution is 0.318. The third kappa shape index (κ3) is 3.91. The average Bonchev–Trinajstić information content (AvgIpc) is 2.45. The lowest BCUT2D eigenvalue weighted by Gasteiger charge is -2.24. The van der Waals surface area contributed by atoms with Gasteiger partial charge in [-0.05, 0) is 50.4 Å². The first-order valence-electron chi connectivity index (χ1n) is 7.06. The monoisotopic (exact) mass is 248 g/mol. The number of hydrogen-bond acceptors (Lipinski definition) is 3. The summed E-state index contributed by atoms with van der Waals surface area (Å²) in [6.45, 7) is 6.24. The second-order valence-corrected chi connectivity index (χ2v) is 4.94. The first kappa shape index (κ1) is 13.2. The van der Waals surface area contributed by atoms with E-state index in [9.17, 15) is 0 Å². The van der Waals surface area contributed by atoms with Gasteiger partial charge in [0.25, 0.3) is 0 Å². The zero-order chi connectivity index (χ0) is 12.6. The second-order valence-electron chi connectivity index (χ2n) is 4.94.